The molecule has 0 saturated carbocycles. The molecule has 1 aromatic carbocycles. The van der Waals surface area contributed by atoms with Gasteiger partial charge in [0.05, 0.1) is 19.9 Å². The number of benzene rings is 1. The maximum atomic E-state index is 11.5. The third kappa shape index (κ3) is 4.91. The molecule has 10 heteroatoms. The number of ether oxygens (including phenoxy) is 3. The normalized spacial score (nSPS) is 11.0. The van der Waals surface area contributed by atoms with E-state index in [1.165, 1.54) is 17.9 Å². The van der Waals surface area contributed by atoms with Gasteiger partial charge >= 0.3 is 5.97 Å². The number of H-pyrrole nitrogens is 1. The first-order chi connectivity index (χ1) is 14.0. The predicted octanol–water partition coefficient (Wildman–Crippen LogP) is 3.49. The number of aryl methyl sites for hydroxylation is 1. The second kappa shape index (κ2) is 9.20. The van der Waals surface area contributed by atoms with Crippen LogP contribution in [0.4, 0.5) is 0 Å². The summed E-state index contributed by atoms with van der Waals surface area (Å²) in [6, 6.07) is 8.62. The molecule has 0 unspecified atom stereocenters. The van der Waals surface area contributed by atoms with Crippen LogP contribution in [-0.4, -0.2) is 40.8 Å². The molecule has 0 atom stereocenters. The summed E-state index contributed by atoms with van der Waals surface area (Å²) >= 11 is 5.13. The Hall–Kier alpha value is -3.40. The first-order valence-corrected chi connectivity index (χ1v) is 9.17. The van der Waals surface area contributed by atoms with Crippen LogP contribution in [0, 0.1) is 11.7 Å². The van der Waals surface area contributed by atoms with E-state index in [-0.39, 0.29) is 12.4 Å². The summed E-state index contributed by atoms with van der Waals surface area (Å²) in [7, 11) is 1.29. The van der Waals surface area contributed by atoms with Crippen LogP contribution in [0.5, 0.6) is 11.5 Å². The van der Waals surface area contributed by atoms with E-state index in [9.17, 15) is 4.79 Å². The van der Waals surface area contributed by atoms with Crippen LogP contribution < -0.4 is 9.47 Å². The van der Waals surface area contributed by atoms with Crippen LogP contribution in [0.2, 0.25) is 0 Å². The second-order valence-corrected chi connectivity index (χ2v) is 6.20. The van der Waals surface area contributed by atoms with Crippen molar-refractivity contribution >= 4 is 24.4 Å². The largest absolute Gasteiger partial charge is 0.490 e. The Balaban J connectivity index is 1.74. The maximum Gasteiger partial charge on any atom is 0.373 e. The lowest BCUT2D eigenvalue weighted by atomic mass is 10.2. The van der Waals surface area contributed by atoms with Crippen molar-refractivity contribution < 1.29 is 23.4 Å². The van der Waals surface area contributed by atoms with Gasteiger partial charge in [0.1, 0.15) is 18.2 Å². The molecule has 0 spiro atoms. The molecule has 2 heterocycles. The third-order valence-electron chi connectivity index (χ3n) is 3.82. The number of carbonyl (C=O) groups excluding carboxylic acids is 1. The predicted molar refractivity (Wildman–Crippen MR) is 107 cm³/mol. The highest BCUT2D eigenvalue weighted by atomic mass is 32.1. The number of carbonyl (C=O) groups is 1. The summed E-state index contributed by atoms with van der Waals surface area (Å²) in [5, 5.41) is 11.0. The highest BCUT2D eigenvalue weighted by molar-refractivity contribution is 7.71. The standard InChI is InChI=1S/C19H20N4O5S/c1-4-26-17-9-13(10-20-23-12(2)21-22-19(23)29)5-7-15(17)27-11-14-6-8-16(28-14)18(24)25-3/h5-10H,4,11H2,1-3H3,(H,22,29)/b20-10-. The van der Waals surface area contributed by atoms with E-state index in [4.69, 9.17) is 26.1 Å². The summed E-state index contributed by atoms with van der Waals surface area (Å²) in [4.78, 5) is 11.5. The topological polar surface area (TPSA) is 104 Å². The lowest BCUT2D eigenvalue weighted by molar-refractivity contribution is 0.0561. The van der Waals surface area contributed by atoms with Crippen LogP contribution >= 0.6 is 12.2 Å². The molecule has 3 aromatic rings. The number of nitrogens with one attached hydrogen (secondary N) is 1. The van der Waals surface area contributed by atoms with Crippen molar-refractivity contribution in [3.63, 3.8) is 0 Å². The summed E-state index contributed by atoms with van der Waals surface area (Å²) in [5.74, 6) is 1.82. The van der Waals surface area contributed by atoms with Crippen LogP contribution in [0.1, 0.15) is 34.6 Å². The number of aromatic amines is 1. The van der Waals surface area contributed by atoms with Crippen LogP contribution in [0.25, 0.3) is 0 Å². The number of hydrogen-bond acceptors (Lipinski definition) is 8. The molecule has 0 radical (unpaired) electrons. The van der Waals surface area contributed by atoms with Crippen molar-refractivity contribution in [3.8, 4) is 11.5 Å². The fourth-order valence-corrected chi connectivity index (χ4v) is 2.66. The lowest BCUT2D eigenvalue weighted by Crippen LogP contribution is -2.01. The third-order valence-corrected chi connectivity index (χ3v) is 4.08. The molecular weight excluding hydrogens is 396 g/mol. The van der Waals surface area contributed by atoms with Gasteiger partial charge in [0, 0.05) is 0 Å². The van der Waals surface area contributed by atoms with Crippen molar-refractivity contribution in [2.75, 3.05) is 13.7 Å². The van der Waals surface area contributed by atoms with Crippen LogP contribution in [0.3, 0.4) is 0 Å². The van der Waals surface area contributed by atoms with Gasteiger partial charge in [0.25, 0.3) is 0 Å². The summed E-state index contributed by atoms with van der Waals surface area (Å²) in [5.41, 5.74) is 0.800. The minimum Gasteiger partial charge on any atom is -0.490 e. The smallest absolute Gasteiger partial charge is 0.373 e. The van der Waals surface area contributed by atoms with Gasteiger partial charge < -0.3 is 18.6 Å². The van der Waals surface area contributed by atoms with Gasteiger partial charge in [-0.2, -0.15) is 14.9 Å². The monoisotopic (exact) mass is 416 g/mol. The van der Waals surface area contributed by atoms with Crippen molar-refractivity contribution in [2.45, 2.75) is 20.5 Å². The first-order valence-electron chi connectivity index (χ1n) is 8.77. The quantitative estimate of drug-likeness (QED) is 0.340. The molecule has 0 aliphatic heterocycles. The van der Waals surface area contributed by atoms with Gasteiger partial charge in [-0.05, 0) is 62.0 Å². The minimum absolute atomic E-state index is 0.121. The molecule has 1 N–H and O–H groups in total. The molecule has 9 nitrogen and oxygen atoms in total. The van der Waals surface area contributed by atoms with E-state index < -0.39 is 5.97 Å². The van der Waals surface area contributed by atoms with Gasteiger partial charge in [-0.25, -0.2) is 4.79 Å². The Kier molecular flexibility index (Phi) is 6.45. The number of aromatic nitrogens is 3. The molecule has 0 fully saturated rings. The van der Waals surface area contributed by atoms with Crippen molar-refractivity contribution in [1.29, 1.82) is 0 Å². The molecule has 29 heavy (non-hydrogen) atoms. The number of methoxy groups -OCH3 is 1. The number of furan rings is 1. The molecule has 3 rings (SSSR count). The first kappa shape index (κ1) is 20.3. The zero-order chi connectivity index (χ0) is 20.8. The van der Waals surface area contributed by atoms with E-state index in [2.05, 4.69) is 20.0 Å². The summed E-state index contributed by atoms with van der Waals surface area (Å²) < 4.78 is 23.4. The molecular formula is C19H20N4O5S. The van der Waals surface area contributed by atoms with Gasteiger partial charge in [-0.1, -0.05) is 0 Å². The number of rotatable bonds is 8. The Morgan fingerprint density at radius 2 is 2.14 bits per heavy atom. The molecule has 0 saturated heterocycles. The Labute approximate surface area is 171 Å². The number of esters is 1. The van der Waals surface area contributed by atoms with E-state index in [0.717, 1.165) is 5.56 Å². The second-order valence-electron chi connectivity index (χ2n) is 5.82. The number of nitrogens with zero attached hydrogens (tertiary/aromatic N) is 3. The zero-order valence-corrected chi connectivity index (χ0v) is 17.0. The molecule has 0 bridgehead atoms. The average molecular weight is 416 g/mol. The van der Waals surface area contributed by atoms with Crippen molar-refractivity contribution in [3.05, 3.63) is 58.0 Å². The van der Waals surface area contributed by atoms with Crippen LogP contribution in [0.15, 0.2) is 39.9 Å². The van der Waals surface area contributed by atoms with Crippen molar-refractivity contribution in [1.82, 2.24) is 14.9 Å². The van der Waals surface area contributed by atoms with E-state index >= 15 is 0 Å². The zero-order valence-electron chi connectivity index (χ0n) is 16.2. The van der Waals surface area contributed by atoms with E-state index in [1.54, 1.807) is 25.3 Å². The van der Waals surface area contributed by atoms with Gasteiger partial charge in [-0.15, -0.1) is 0 Å². The SMILES string of the molecule is CCOc1cc(/C=N\n2c(C)n[nH]c2=S)ccc1OCc1ccc(C(=O)OC)o1. The highest BCUT2D eigenvalue weighted by Gasteiger charge is 2.12. The molecule has 0 amide bonds. The molecule has 152 valence electrons. The maximum absolute atomic E-state index is 11.5. The van der Waals surface area contributed by atoms with Gasteiger partial charge in [-0.3, -0.25) is 5.10 Å². The Bertz CT molecular complexity index is 1080. The van der Waals surface area contributed by atoms with E-state index in [1.807, 2.05) is 19.1 Å². The fraction of sp³-hybridized carbons (Fsp3) is 0.263. The lowest BCUT2D eigenvalue weighted by Gasteiger charge is -2.11. The summed E-state index contributed by atoms with van der Waals surface area (Å²) in [6.07, 6.45) is 1.65. The van der Waals surface area contributed by atoms with Gasteiger partial charge in [0.2, 0.25) is 10.5 Å². The van der Waals surface area contributed by atoms with Gasteiger partial charge in [0.15, 0.2) is 11.5 Å². The molecule has 2 aromatic heterocycles. The van der Waals surface area contributed by atoms with E-state index in [0.29, 0.717) is 34.5 Å². The van der Waals surface area contributed by atoms with Crippen molar-refractivity contribution in [2.24, 2.45) is 5.10 Å². The average Bonchev–Trinajstić information content (AvgIpc) is 3.32. The number of hydrogen-bond donors (Lipinski definition) is 1. The summed E-state index contributed by atoms with van der Waals surface area (Å²) in [6.45, 7) is 4.28. The Morgan fingerprint density at radius 1 is 1.31 bits per heavy atom. The molecule has 0 aliphatic carbocycles. The fourth-order valence-electron chi connectivity index (χ4n) is 2.44. The Morgan fingerprint density at radius 3 is 2.83 bits per heavy atom. The minimum atomic E-state index is -0.539. The van der Waals surface area contributed by atoms with Crippen LogP contribution in [-0.2, 0) is 11.3 Å². The highest BCUT2D eigenvalue weighted by Crippen LogP contribution is 2.29. The molecule has 0 aliphatic rings.